The van der Waals surface area contributed by atoms with E-state index in [2.05, 4.69) is 5.32 Å². The fraction of sp³-hybridized carbons (Fsp3) is 0.368. The van der Waals surface area contributed by atoms with Crippen molar-refractivity contribution in [2.45, 2.75) is 13.1 Å². The van der Waals surface area contributed by atoms with Gasteiger partial charge in [-0.25, -0.2) is 4.39 Å². The van der Waals surface area contributed by atoms with E-state index in [4.69, 9.17) is 14.2 Å². The number of hydrogen-bond donors (Lipinski definition) is 1. The number of ether oxygens (including phenoxy) is 3. The van der Waals surface area contributed by atoms with Gasteiger partial charge < -0.3 is 24.4 Å². The SMILES string of the molecule is Fc1cc(CNCc2cccc3c2OCO3)ccc1N1CCOCC1. The highest BCUT2D eigenvalue weighted by Crippen LogP contribution is 2.35. The Morgan fingerprint density at radius 1 is 1.04 bits per heavy atom. The molecule has 2 aliphatic heterocycles. The summed E-state index contributed by atoms with van der Waals surface area (Å²) in [6.07, 6.45) is 0. The summed E-state index contributed by atoms with van der Waals surface area (Å²) in [7, 11) is 0. The van der Waals surface area contributed by atoms with Crippen molar-refractivity contribution in [3.05, 3.63) is 53.3 Å². The van der Waals surface area contributed by atoms with E-state index in [0.717, 1.165) is 35.7 Å². The number of benzene rings is 2. The Labute approximate surface area is 146 Å². The number of anilines is 1. The summed E-state index contributed by atoms with van der Waals surface area (Å²) in [6, 6.07) is 11.3. The van der Waals surface area contributed by atoms with Crippen LogP contribution in [0.5, 0.6) is 11.5 Å². The first-order valence-electron chi connectivity index (χ1n) is 8.50. The first-order chi connectivity index (χ1) is 12.3. The van der Waals surface area contributed by atoms with Crippen LogP contribution in [0, 0.1) is 5.82 Å². The van der Waals surface area contributed by atoms with Gasteiger partial charge in [-0.3, -0.25) is 0 Å². The lowest BCUT2D eigenvalue weighted by molar-refractivity contribution is 0.122. The van der Waals surface area contributed by atoms with Gasteiger partial charge in [-0.05, 0) is 23.8 Å². The Bertz CT molecular complexity index is 747. The highest BCUT2D eigenvalue weighted by molar-refractivity contribution is 5.50. The van der Waals surface area contributed by atoms with Crippen molar-refractivity contribution in [3.63, 3.8) is 0 Å². The van der Waals surface area contributed by atoms with Gasteiger partial charge in [0, 0.05) is 31.7 Å². The van der Waals surface area contributed by atoms with Crippen molar-refractivity contribution in [2.75, 3.05) is 38.0 Å². The molecular formula is C19H21FN2O3. The summed E-state index contributed by atoms with van der Waals surface area (Å²) in [5, 5.41) is 3.34. The average Bonchev–Trinajstić information content (AvgIpc) is 3.12. The summed E-state index contributed by atoms with van der Waals surface area (Å²) in [4.78, 5) is 2.03. The van der Waals surface area contributed by atoms with Crippen LogP contribution < -0.4 is 19.7 Å². The molecule has 0 bridgehead atoms. The molecule has 2 aromatic carbocycles. The van der Waals surface area contributed by atoms with Gasteiger partial charge in [0.1, 0.15) is 5.82 Å². The van der Waals surface area contributed by atoms with Gasteiger partial charge >= 0.3 is 0 Å². The lowest BCUT2D eigenvalue weighted by atomic mass is 10.1. The molecule has 132 valence electrons. The predicted molar refractivity (Wildman–Crippen MR) is 92.5 cm³/mol. The van der Waals surface area contributed by atoms with Gasteiger partial charge in [0.15, 0.2) is 11.5 Å². The van der Waals surface area contributed by atoms with Gasteiger partial charge in [-0.1, -0.05) is 18.2 Å². The second-order valence-corrected chi connectivity index (χ2v) is 6.14. The van der Waals surface area contributed by atoms with Crippen molar-refractivity contribution >= 4 is 5.69 Å². The van der Waals surface area contributed by atoms with E-state index in [1.54, 1.807) is 6.07 Å². The molecule has 0 atom stereocenters. The van der Waals surface area contributed by atoms with Crippen LogP contribution in [-0.2, 0) is 17.8 Å². The van der Waals surface area contributed by atoms with Crippen LogP contribution in [-0.4, -0.2) is 33.1 Å². The summed E-state index contributed by atoms with van der Waals surface area (Å²) in [5.74, 6) is 1.39. The van der Waals surface area contributed by atoms with Gasteiger partial charge in [0.25, 0.3) is 0 Å². The number of fused-ring (bicyclic) bond motifs is 1. The third kappa shape index (κ3) is 3.55. The van der Waals surface area contributed by atoms with Crippen LogP contribution in [0.1, 0.15) is 11.1 Å². The van der Waals surface area contributed by atoms with Crippen LogP contribution in [0.3, 0.4) is 0 Å². The minimum absolute atomic E-state index is 0.182. The maximum absolute atomic E-state index is 14.4. The standard InChI is InChI=1S/C19H21FN2O3/c20-16-10-14(4-5-17(16)22-6-8-23-9-7-22)11-21-12-15-2-1-3-18-19(15)25-13-24-18/h1-5,10,21H,6-9,11-13H2. The zero-order valence-electron chi connectivity index (χ0n) is 14.0. The third-order valence-electron chi connectivity index (χ3n) is 4.49. The minimum Gasteiger partial charge on any atom is -0.454 e. The summed E-state index contributed by atoms with van der Waals surface area (Å²) in [6.45, 7) is 4.25. The lowest BCUT2D eigenvalue weighted by Crippen LogP contribution is -2.36. The maximum Gasteiger partial charge on any atom is 0.231 e. The number of para-hydroxylation sites is 1. The van der Waals surface area contributed by atoms with Crippen molar-refractivity contribution in [3.8, 4) is 11.5 Å². The quantitative estimate of drug-likeness (QED) is 0.903. The molecule has 25 heavy (non-hydrogen) atoms. The van der Waals surface area contributed by atoms with Gasteiger partial charge in [-0.2, -0.15) is 0 Å². The first kappa shape index (κ1) is 16.2. The number of nitrogens with one attached hydrogen (secondary N) is 1. The van der Waals surface area contributed by atoms with Gasteiger partial charge in [0.05, 0.1) is 18.9 Å². The highest BCUT2D eigenvalue weighted by atomic mass is 19.1. The number of halogens is 1. The molecule has 2 aliphatic rings. The van der Waals surface area contributed by atoms with Crippen molar-refractivity contribution in [2.24, 2.45) is 0 Å². The molecular weight excluding hydrogens is 323 g/mol. The van der Waals surface area contributed by atoms with Crippen molar-refractivity contribution in [1.82, 2.24) is 5.32 Å². The molecule has 6 heteroatoms. The average molecular weight is 344 g/mol. The van der Waals surface area contributed by atoms with E-state index in [1.165, 1.54) is 0 Å². The van der Waals surface area contributed by atoms with E-state index in [9.17, 15) is 4.39 Å². The first-order valence-corrected chi connectivity index (χ1v) is 8.50. The molecule has 0 radical (unpaired) electrons. The molecule has 0 saturated carbocycles. The molecule has 0 aliphatic carbocycles. The molecule has 0 unspecified atom stereocenters. The topological polar surface area (TPSA) is 43.0 Å². The molecule has 1 saturated heterocycles. The fourth-order valence-corrected chi connectivity index (χ4v) is 3.19. The largest absolute Gasteiger partial charge is 0.454 e. The van der Waals surface area contributed by atoms with E-state index in [0.29, 0.717) is 32.0 Å². The monoisotopic (exact) mass is 344 g/mol. The third-order valence-corrected chi connectivity index (χ3v) is 4.49. The zero-order chi connectivity index (χ0) is 17.1. The number of hydrogen-bond acceptors (Lipinski definition) is 5. The predicted octanol–water partition coefficient (Wildman–Crippen LogP) is 2.68. The molecule has 2 aromatic rings. The Morgan fingerprint density at radius 2 is 1.92 bits per heavy atom. The van der Waals surface area contributed by atoms with Crippen LogP contribution in [0.4, 0.5) is 10.1 Å². The summed E-state index contributed by atoms with van der Waals surface area (Å²) < 4.78 is 30.6. The van der Waals surface area contributed by atoms with Gasteiger partial charge in [-0.15, -0.1) is 0 Å². The summed E-state index contributed by atoms with van der Waals surface area (Å²) in [5.41, 5.74) is 2.61. The molecule has 0 aromatic heterocycles. The second-order valence-electron chi connectivity index (χ2n) is 6.14. The van der Waals surface area contributed by atoms with Gasteiger partial charge in [0.2, 0.25) is 6.79 Å². The van der Waals surface area contributed by atoms with E-state index >= 15 is 0 Å². The fourth-order valence-electron chi connectivity index (χ4n) is 3.19. The molecule has 0 spiro atoms. The van der Waals surface area contributed by atoms with E-state index < -0.39 is 0 Å². The molecule has 5 nitrogen and oxygen atoms in total. The van der Waals surface area contributed by atoms with Crippen LogP contribution in [0.15, 0.2) is 36.4 Å². The highest BCUT2D eigenvalue weighted by Gasteiger charge is 2.17. The maximum atomic E-state index is 14.4. The molecule has 4 rings (SSSR count). The lowest BCUT2D eigenvalue weighted by Gasteiger charge is -2.29. The Morgan fingerprint density at radius 3 is 2.76 bits per heavy atom. The number of rotatable bonds is 5. The molecule has 1 N–H and O–H groups in total. The Hall–Kier alpha value is -2.31. The van der Waals surface area contributed by atoms with E-state index in [-0.39, 0.29) is 12.6 Å². The van der Waals surface area contributed by atoms with Crippen molar-refractivity contribution < 1.29 is 18.6 Å². The van der Waals surface area contributed by atoms with Crippen molar-refractivity contribution in [1.29, 1.82) is 0 Å². The second kappa shape index (κ2) is 7.29. The summed E-state index contributed by atoms with van der Waals surface area (Å²) >= 11 is 0. The Kier molecular flexibility index (Phi) is 4.72. The molecule has 2 heterocycles. The van der Waals surface area contributed by atoms with Crippen LogP contribution in [0.25, 0.3) is 0 Å². The molecule has 0 amide bonds. The zero-order valence-corrected chi connectivity index (χ0v) is 14.0. The number of nitrogens with zero attached hydrogens (tertiary/aromatic N) is 1. The normalized spacial score (nSPS) is 16.3. The number of morpholine rings is 1. The van der Waals surface area contributed by atoms with Crippen LogP contribution in [0.2, 0.25) is 0 Å². The van der Waals surface area contributed by atoms with Crippen LogP contribution >= 0.6 is 0 Å². The minimum atomic E-state index is -0.182. The van der Waals surface area contributed by atoms with E-state index in [1.807, 2.05) is 35.2 Å². The molecule has 1 fully saturated rings. The Balaban J connectivity index is 1.37. The smallest absolute Gasteiger partial charge is 0.231 e.